The van der Waals surface area contributed by atoms with E-state index in [2.05, 4.69) is 29.4 Å². The van der Waals surface area contributed by atoms with Crippen LogP contribution in [0.1, 0.15) is 47.0 Å². The fraction of sp³-hybridized carbons (Fsp3) is 0.882. The van der Waals surface area contributed by atoms with Crippen molar-refractivity contribution in [2.75, 3.05) is 26.2 Å². The van der Waals surface area contributed by atoms with Gasteiger partial charge in [0.15, 0.2) is 0 Å². The van der Waals surface area contributed by atoms with Gasteiger partial charge in [-0.25, -0.2) is 4.79 Å². The minimum atomic E-state index is -0.0609. The molecule has 2 aliphatic rings. The number of likely N-dealkylation sites (tertiary alicyclic amines) is 2. The number of urea groups is 1. The average molecular weight is 324 g/mol. The van der Waals surface area contributed by atoms with Gasteiger partial charge in [0, 0.05) is 50.2 Å². The molecule has 0 saturated carbocycles. The zero-order chi connectivity index (χ0) is 17.0. The van der Waals surface area contributed by atoms with Crippen LogP contribution in [-0.4, -0.2) is 66.0 Å². The van der Waals surface area contributed by atoms with Crippen LogP contribution in [0.3, 0.4) is 0 Å². The normalized spacial score (nSPS) is 23.6. The van der Waals surface area contributed by atoms with Crippen molar-refractivity contribution in [1.29, 1.82) is 0 Å². The first-order chi connectivity index (χ1) is 10.9. The first-order valence-corrected chi connectivity index (χ1v) is 8.96. The highest BCUT2D eigenvalue weighted by Gasteiger charge is 2.28. The summed E-state index contributed by atoms with van der Waals surface area (Å²) in [5, 5.41) is 6.16. The van der Waals surface area contributed by atoms with Gasteiger partial charge in [-0.1, -0.05) is 13.8 Å². The van der Waals surface area contributed by atoms with Gasteiger partial charge in [-0.15, -0.1) is 0 Å². The van der Waals surface area contributed by atoms with Gasteiger partial charge < -0.3 is 15.5 Å². The maximum absolute atomic E-state index is 12.1. The summed E-state index contributed by atoms with van der Waals surface area (Å²) in [5.74, 6) is 0.265. The van der Waals surface area contributed by atoms with Crippen molar-refractivity contribution < 1.29 is 9.59 Å². The lowest BCUT2D eigenvalue weighted by Crippen LogP contribution is -2.51. The van der Waals surface area contributed by atoms with Crippen molar-refractivity contribution in [2.45, 2.75) is 65.1 Å². The van der Waals surface area contributed by atoms with Gasteiger partial charge in [0.2, 0.25) is 5.91 Å². The molecule has 2 heterocycles. The van der Waals surface area contributed by atoms with E-state index in [1.807, 2.05) is 18.7 Å². The summed E-state index contributed by atoms with van der Waals surface area (Å²) in [7, 11) is 0. The van der Waals surface area contributed by atoms with Crippen LogP contribution in [0.2, 0.25) is 0 Å². The molecule has 2 rings (SSSR count). The Labute approximate surface area is 140 Å². The van der Waals surface area contributed by atoms with E-state index in [1.165, 1.54) is 0 Å². The molecule has 0 aromatic heterocycles. The standard InChI is InChI=1S/C17H32N4O2/c1-12(2)16(22)20-8-5-14(6-9-20)18-17(23)19-15-7-10-21(11-15)13(3)4/h12-15H,5-11H2,1-4H3,(H2,18,19,23). The Kier molecular flexibility index (Phi) is 6.27. The molecule has 6 heteroatoms. The number of hydrogen-bond donors (Lipinski definition) is 2. The van der Waals surface area contributed by atoms with E-state index < -0.39 is 0 Å². The molecule has 1 unspecified atom stereocenters. The highest BCUT2D eigenvalue weighted by atomic mass is 16.2. The predicted octanol–water partition coefficient (Wildman–Crippen LogP) is 1.42. The highest BCUT2D eigenvalue weighted by Crippen LogP contribution is 2.14. The number of piperidine rings is 1. The summed E-state index contributed by atoms with van der Waals surface area (Å²) in [6.45, 7) is 11.7. The molecule has 0 spiro atoms. The molecule has 0 aromatic carbocycles. The van der Waals surface area contributed by atoms with Crippen LogP contribution in [0.25, 0.3) is 0 Å². The zero-order valence-corrected chi connectivity index (χ0v) is 15.0. The molecule has 0 radical (unpaired) electrons. The minimum absolute atomic E-state index is 0.0501. The lowest BCUT2D eigenvalue weighted by Gasteiger charge is -2.33. The number of carbonyl (C=O) groups is 2. The van der Waals surface area contributed by atoms with Crippen molar-refractivity contribution in [2.24, 2.45) is 5.92 Å². The van der Waals surface area contributed by atoms with Crippen LogP contribution in [0.4, 0.5) is 4.79 Å². The van der Waals surface area contributed by atoms with E-state index in [4.69, 9.17) is 0 Å². The van der Waals surface area contributed by atoms with Crippen molar-refractivity contribution in [3.05, 3.63) is 0 Å². The minimum Gasteiger partial charge on any atom is -0.342 e. The molecule has 0 aromatic rings. The topological polar surface area (TPSA) is 64.7 Å². The third kappa shape index (κ3) is 5.09. The van der Waals surface area contributed by atoms with E-state index in [1.54, 1.807) is 0 Å². The second-order valence-corrected chi connectivity index (χ2v) is 7.45. The Morgan fingerprint density at radius 1 is 0.913 bits per heavy atom. The molecule has 3 amide bonds. The molecule has 6 nitrogen and oxygen atoms in total. The average Bonchev–Trinajstić information content (AvgIpc) is 2.95. The summed E-state index contributed by atoms with van der Waals surface area (Å²) in [6, 6.07) is 0.899. The quantitative estimate of drug-likeness (QED) is 0.822. The molecular weight excluding hydrogens is 292 g/mol. The Morgan fingerprint density at radius 2 is 1.48 bits per heavy atom. The lowest BCUT2D eigenvalue weighted by molar-refractivity contribution is -0.135. The van der Waals surface area contributed by atoms with Crippen LogP contribution in [0, 0.1) is 5.92 Å². The highest BCUT2D eigenvalue weighted by molar-refractivity contribution is 5.78. The van der Waals surface area contributed by atoms with Crippen molar-refractivity contribution in [3.8, 4) is 0 Å². The Bertz CT molecular complexity index is 417. The third-order valence-electron chi connectivity index (χ3n) is 4.92. The maximum Gasteiger partial charge on any atom is 0.315 e. The number of rotatable bonds is 4. The number of hydrogen-bond acceptors (Lipinski definition) is 3. The van der Waals surface area contributed by atoms with Crippen LogP contribution < -0.4 is 10.6 Å². The molecule has 2 N–H and O–H groups in total. The fourth-order valence-electron chi connectivity index (χ4n) is 3.40. The van der Waals surface area contributed by atoms with Gasteiger partial charge in [-0.3, -0.25) is 9.69 Å². The zero-order valence-electron chi connectivity index (χ0n) is 15.0. The number of amides is 3. The second kappa shape index (κ2) is 7.99. The van der Waals surface area contributed by atoms with Gasteiger partial charge in [-0.05, 0) is 33.1 Å². The second-order valence-electron chi connectivity index (χ2n) is 7.45. The van der Waals surface area contributed by atoms with Gasteiger partial charge in [0.25, 0.3) is 0 Å². The first kappa shape index (κ1) is 18.0. The summed E-state index contributed by atoms with van der Waals surface area (Å²) < 4.78 is 0. The van der Waals surface area contributed by atoms with Gasteiger partial charge in [-0.2, -0.15) is 0 Å². The van der Waals surface area contributed by atoms with Gasteiger partial charge in [0.05, 0.1) is 0 Å². The SMILES string of the molecule is CC(C)C(=O)N1CCC(NC(=O)NC2CCN(C(C)C)C2)CC1. The summed E-state index contributed by atoms with van der Waals surface area (Å²) in [5.41, 5.74) is 0. The largest absolute Gasteiger partial charge is 0.342 e. The van der Waals surface area contributed by atoms with E-state index in [9.17, 15) is 9.59 Å². The Hall–Kier alpha value is -1.30. The molecule has 2 aliphatic heterocycles. The Morgan fingerprint density at radius 3 is 2.00 bits per heavy atom. The molecular formula is C17H32N4O2. The number of nitrogens with one attached hydrogen (secondary N) is 2. The molecule has 0 bridgehead atoms. The van der Waals surface area contributed by atoms with Crippen LogP contribution >= 0.6 is 0 Å². The summed E-state index contributed by atoms with van der Waals surface area (Å²) >= 11 is 0. The molecule has 1 atom stereocenters. The first-order valence-electron chi connectivity index (χ1n) is 8.96. The Balaban J connectivity index is 1.68. The van der Waals surface area contributed by atoms with Crippen molar-refractivity contribution in [1.82, 2.24) is 20.4 Å². The summed E-state index contributed by atoms with van der Waals surface area (Å²) in [6.07, 6.45) is 2.70. The van der Waals surface area contributed by atoms with Crippen molar-refractivity contribution in [3.63, 3.8) is 0 Å². The fourth-order valence-corrected chi connectivity index (χ4v) is 3.40. The molecule has 132 valence electrons. The lowest BCUT2D eigenvalue weighted by atomic mass is 10.0. The number of carbonyl (C=O) groups excluding carboxylic acids is 2. The van der Waals surface area contributed by atoms with E-state index in [0.29, 0.717) is 6.04 Å². The van der Waals surface area contributed by atoms with Gasteiger partial charge >= 0.3 is 6.03 Å². The smallest absolute Gasteiger partial charge is 0.315 e. The van der Waals surface area contributed by atoms with Crippen LogP contribution in [0.5, 0.6) is 0 Å². The third-order valence-corrected chi connectivity index (χ3v) is 4.92. The summed E-state index contributed by atoms with van der Waals surface area (Å²) in [4.78, 5) is 28.4. The molecule has 2 saturated heterocycles. The van der Waals surface area contributed by atoms with Crippen LogP contribution in [-0.2, 0) is 4.79 Å². The molecule has 23 heavy (non-hydrogen) atoms. The monoisotopic (exact) mass is 324 g/mol. The van der Waals surface area contributed by atoms with E-state index in [0.717, 1.165) is 45.4 Å². The number of nitrogens with zero attached hydrogens (tertiary/aromatic N) is 2. The van der Waals surface area contributed by atoms with E-state index in [-0.39, 0.29) is 29.9 Å². The maximum atomic E-state index is 12.1. The molecule has 2 fully saturated rings. The molecule has 0 aliphatic carbocycles. The predicted molar refractivity (Wildman–Crippen MR) is 91.2 cm³/mol. The van der Waals surface area contributed by atoms with Crippen LogP contribution in [0.15, 0.2) is 0 Å². The van der Waals surface area contributed by atoms with Crippen molar-refractivity contribution >= 4 is 11.9 Å². The van der Waals surface area contributed by atoms with Gasteiger partial charge in [0.1, 0.15) is 0 Å². The van der Waals surface area contributed by atoms with E-state index >= 15 is 0 Å².